The molecule has 0 spiro atoms. The minimum atomic E-state index is -0.525. The highest BCUT2D eigenvalue weighted by molar-refractivity contribution is 5.95. The highest BCUT2D eigenvalue weighted by Gasteiger charge is 2.17. The van der Waals surface area contributed by atoms with E-state index in [0.29, 0.717) is 23.1 Å². The highest BCUT2D eigenvalue weighted by atomic mass is 16.5. The molecular weight excluding hydrogens is 360 g/mol. The summed E-state index contributed by atoms with van der Waals surface area (Å²) in [5.41, 5.74) is 2.52. The molecule has 3 aromatic rings. The van der Waals surface area contributed by atoms with Crippen LogP contribution in [0.15, 0.2) is 42.9 Å². The molecule has 0 aliphatic heterocycles. The van der Waals surface area contributed by atoms with Crippen LogP contribution in [-0.2, 0) is 9.53 Å². The molecule has 0 aliphatic carbocycles. The van der Waals surface area contributed by atoms with Crippen LogP contribution >= 0.6 is 0 Å². The van der Waals surface area contributed by atoms with Crippen LogP contribution in [0.5, 0.6) is 0 Å². The largest absolute Gasteiger partial charge is 0.462 e. The van der Waals surface area contributed by atoms with Crippen molar-refractivity contribution in [2.45, 2.75) is 20.8 Å². The van der Waals surface area contributed by atoms with Crippen molar-refractivity contribution in [2.24, 2.45) is 0 Å². The van der Waals surface area contributed by atoms with Crippen LogP contribution in [0.1, 0.15) is 29.8 Å². The number of esters is 1. The zero-order chi connectivity index (χ0) is 20.1. The van der Waals surface area contributed by atoms with Crippen LogP contribution in [0.3, 0.4) is 0 Å². The van der Waals surface area contributed by atoms with Gasteiger partial charge in [0, 0.05) is 30.7 Å². The summed E-state index contributed by atoms with van der Waals surface area (Å²) in [6.07, 6.45) is 4.88. The summed E-state index contributed by atoms with van der Waals surface area (Å²) in [5, 5.41) is 9.99. The molecule has 28 heavy (non-hydrogen) atoms. The zero-order valence-electron chi connectivity index (χ0n) is 15.8. The first-order valence-electron chi connectivity index (χ1n) is 8.66. The summed E-state index contributed by atoms with van der Waals surface area (Å²) in [5.74, 6) is -0.0641. The molecule has 0 aliphatic rings. The number of carbonyl (C=O) groups excluding carboxylic acids is 2. The van der Waals surface area contributed by atoms with Crippen LogP contribution < -0.4 is 10.6 Å². The van der Waals surface area contributed by atoms with Gasteiger partial charge in [-0.2, -0.15) is 10.1 Å². The van der Waals surface area contributed by atoms with Crippen LogP contribution in [-0.4, -0.2) is 38.2 Å². The third-order valence-corrected chi connectivity index (χ3v) is 3.66. The Balaban J connectivity index is 1.93. The van der Waals surface area contributed by atoms with Gasteiger partial charge >= 0.3 is 5.97 Å². The van der Waals surface area contributed by atoms with Gasteiger partial charge in [0.1, 0.15) is 5.56 Å². The molecule has 0 bridgehead atoms. The van der Waals surface area contributed by atoms with Gasteiger partial charge in [-0.05, 0) is 43.7 Å². The number of benzene rings is 1. The number of hydrogen-bond acceptors (Lipinski definition) is 7. The summed E-state index contributed by atoms with van der Waals surface area (Å²) in [6.45, 7) is 5.32. The Labute approximate surface area is 161 Å². The standard InChI is InChI=1S/C19H20N6O3/c1-4-28-18(27)16-10-20-19(25-11-12(2)9-21-25)24-17(16)23-15-7-5-14(6-8-15)22-13(3)26/h5-11H,4H2,1-3H3,(H,22,26)(H,20,23,24). The Morgan fingerprint density at radius 3 is 2.46 bits per heavy atom. The van der Waals surface area contributed by atoms with Gasteiger partial charge in [0.15, 0.2) is 5.82 Å². The first-order chi connectivity index (χ1) is 13.5. The van der Waals surface area contributed by atoms with E-state index in [2.05, 4.69) is 25.7 Å². The highest BCUT2D eigenvalue weighted by Crippen LogP contribution is 2.22. The predicted octanol–water partition coefficient (Wildman–Crippen LogP) is 2.85. The number of ether oxygens (including phenoxy) is 1. The average molecular weight is 380 g/mol. The molecule has 0 radical (unpaired) electrons. The number of rotatable bonds is 6. The minimum absolute atomic E-state index is 0.153. The maximum absolute atomic E-state index is 12.3. The summed E-state index contributed by atoms with van der Waals surface area (Å²) < 4.78 is 6.61. The van der Waals surface area contributed by atoms with E-state index in [1.54, 1.807) is 43.6 Å². The second-order valence-corrected chi connectivity index (χ2v) is 6.00. The zero-order valence-corrected chi connectivity index (χ0v) is 15.8. The van der Waals surface area contributed by atoms with Gasteiger partial charge in [-0.15, -0.1) is 0 Å². The van der Waals surface area contributed by atoms with Crippen LogP contribution in [0.4, 0.5) is 17.2 Å². The number of aryl methyl sites for hydroxylation is 1. The fourth-order valence-corrected chi connectivity index (χ4v) is 2.44. The molecule has 0 saturated heterocycles. The Bertz CT molecular complexity index is 997. The molecule has 3 rings (SSSR count). The Kier molecular flexibility index (Phi) is 5.64. The number of amides is 1. The van der Waals surface area contributed by atoms with Crippen molar-refractivity contribution in [3.63, 3.8) is 0 Å². The van der Waals surface area contributed by atoms with E-state index in [-0.39, 0.29) is 18.1 Å². The van der Waals surface area contributed by atoms with Crippen molar-refractivity contribution in [1.82, 2.24) is 19.7 Å². The first-order valence-corrected chi connectivity index (χ1v) is 8.66. The van der Waals surface area contributed by atoms with Crippen LogP contribution in [0.2, 0.25) is 0 Å². The smallest absolute Gasteiger partial charge is 0.343 e. The summed E-state index contributed by atoms with van der Waals surface area (Å²) in [7, 11) is 0. The van der Waals surface area contributed by atoms with Gasteiger partial charge in [-0.1, -0.05) is 0 Å². The normalized spacial score (nSPS) is 10.4. The van der Waals surface area contributed by atoms with E-state index >= 15 is 0 Å². The fraction of sp³-hybridized carbons (Fsp3) is 0.211. The molecule has 0 fully saturated rings. The average Bonchev–Trinajstić information content (AvgIpc) is 3.09. The maximum atomic E-state index is 12.3. The van der Waals surface area contributed by atoms with Crippen molar-refractivity contribution in [3.05, 3.63) is 54.0 Å². The Morgan fingerprint density at radius 2 is 1.86 bits per heavy atom. The van der Waals surface area contributed by atoms with E-state index in [9.17, 15) is 9.59 Å². The molecule has 1 amide bonds. The van der Waals surface area contributed by atoms with Gasteiger partial charge in [-0.25, -0.2) is 14.5 Å². The van der Waals surface area contributed by atoms with Crippen molar-refractivity contribution in [1.29, 1.82) is 0 Å². The van der Waals surface area contributed by atoms with E-state index in [0.717, 1.165) is 5.56 Å². The number of hydrogen-bond donors (Lipinski definition) is 2. The third-order valence-electron chi connectivity index (χ3n) is 3.66. The summed E-state index contributed by atoms with van der Waals surface area (Å²) in [6, 6.07) is 7.01. The molecule has 0 atom stereocenters. The lowest BCUT2D eigenvalue weighted by atomic mass is 10.2. The van der Waals surface area contributed by atoms with Crippen molar-refractivity contribution in [2.75, 3.05) is 17.2 Å². The van der Waals surface area contributed by atoms with Gasteiger partial charge in [-0.3, -0.25) is 4.79 Å². The van der Waals surface area contributed by atoms with E-state index < -0.39 is 5.97 Å². The van der Waals surface area contributed by atoms with Crippen molar-refractivity contribution >= 4 is 29.1 Å². The van der Waals surface area contributed by atoms with Crippen LogP contribution in [0, 0.1) is 6.92 Å². The Morgan fingerprint density at radius 1 is 1.14 bits per heavy atom. The Hall–Kier alpha value is -3.75. The molecular formula is C19H20N6O3. The van der Waals surface area contributed by atoms with Gasteiger partial charge in [0.05, 0.1) is 12.8 Å². The lowest BCUT2D eigenvalue weighted by molar-refractivity contribution is -0.114. The van der Waals surface area contributed by atoms with E-state index in [1.165, 1.54) is 17.8 Å². The van der Waals surface area contributed by atoms with Gasteiger partial charge in [0.25, 0.3) is 5.95 Å². The third kappa shape index (κ3) is 4.50. The number of nitrogens with zero attached hydrogens (tertiary/aromatic N) is 4. The second kappa shape index (κ2) is 8.30. The van der Waals surface area contributed by atoms with E-state index in [1.807, 2.05) is 6.92 Å². The predicted molar refractivity (Wildman–Crippen MR) is 104 cm³/mol. The molecule has 2 aromatic heterocycles. The van der Waals surface area contributed by atoms with Crippen LogP contribution in [0.25, 0.3) is 5.95 Å². The van der Waals surface area contributed by atoms with Crippen molar-refractivity contribution in [3.8, 4) is 5.95 Å². The molecule has 9 heteroatoms. The lowest BCUT2D eigenvalue weighted by Crippen LogP contribution is -2.13. The lowest BCUT2D eigenvalue weighted by Gasteiger charge is -2.12. The number of anilines is 3. The van der Waals surface area contributed by atoms with Crippen molar-refractivity contribution < 1.29 is 14.3 Å². The molecule has 2 N–H and O–H groups in total. The molecule has 144 valence electrons. The fourth-order valence-electron chi connectivity index (χ4n) is 2.44. The minimum Gasteiger partial charge on any atom is -0.462 e. The topological polar surface area (TPSA) is 111 Å². The monoisotopic (exact) mass is 380 g/mol. The summed E-state index contributed by atoms with van der Waals surface area (Å²) >= 11 is 0. The quantitative estimate of drug-likeness (QED) is 0.633. The van der Waals surface area contributed by atoms with E-state index in [4.69, 9.17) is 4.74 Å². The number of aromatic nitrogens is 4. The van der Waals surface area contributed by atoms with Gasteiger partial charge in [0.2, 0.25) is 5.91 Å². The molecule has 1 aromatic carbocycles. The number of nitrogens with one attached hydrogen (secondary N) is 2. The number of carbonyl (C=O) groups is 2. The molecule has 9 nitrogen and oxygen atoms in total. The second-order valence-electron chi connectivity index (χ2n) is 6.00. The maximum Gasteiger partial charge on any atom is 0.343 e. The molecule has 0 saturated carbocycles. The molecule has 0 unspecified atom stereocenters. The van der Waals surface area contributed by atoms with Gasteiger partial charge < -0.3 is 15.4 Å². The summed E-state index contributed by atoms with van der Waals surface area (Å²) in [4.78, 5) is 32.1. The molecule has 2 heterocycles. The SMILES string of the molecule is CCOC(=O)c1cnc(-n2cc(C)cn2)nc1Nc1ccc(NC(C)=O)cc1. The first kappa shape index (κ1) is 19.0.